The van der Waals surface area contributed by atoms with Crippen LogP contribution in [0.25, 0.3) is 0 Å². The van der Waals surface area contributed by atoms with E-state index in [1.54, 1.807) is 0 Å². The number of hydrogen-bond acceptors (Lipinski definition) is 2. The number of benzene rings is 1. The molecule has 0 radical (unpaired) electrons. The van der Waals surface area contributed by atoms with Gasteiger partial charge in [-0.1, -0.05) is 35.2 Å². The molecule has 1 aliphatic carbocycles. The number of carbonyl (C=O) groups excluding carboxylic acids is 1. The molecule has 4 heteroatoms. The van der Waals surface area contributed by atoms with Gasteiger partial charge in [-0.15, -0.1) is 0 Å². The first-order valence-electron chi connectivity index (χ1n) is 6.50. The van der Waals surface area contributed by atoms with Crippen molar-refractivity contribution >= 4 is 27.5 Å². The minimum absolute atomic E-state index is 0.0178. The summed E-state index contributed by atoms with van der Waals surface area (Å²) in [4.78, 5) is 12.1. The standard InChI is InChI=1S/C14H19BrN2O/c15-12-6-8-13(9-7-12)17(16)14(18)10-11-4-2-1-3-5-11/h6-9,11H,1-5,10,16H2. The maximum Gasteiger partial charge on any atom is 0.241 e. The maximum absolute atomic E-state index is 12.1. The third-order valence-electron chi connectivity index (χ3n) is 3.56. The lowest BCUT2D eigenvalue weighted by molar-refractivity contribution is -0.119. The van der Waals surface area contributed by atoms with Crippen LogP contribution in [0.5, 0.6) is 0 Å². The highest BCUT2D eigenvalue weighted by Gasteiger charge is 2.20. The molecule has 1 aromatic carbocycles. The summed E-state index contributed by atoms with van der Waals surface area (Å²) in [6, 6.07) is 7.48. The van der Waals surface area contributed by atoms with E-state index in [0.717, 1.165) is 10.2 Å². The number of hydrogen-bond donors (Lipinski definition) is 1. The molecule has 0 aliphatic heterocycles. The molecule has 98 valence electrons. The minimum atomic E-state index is 0.0178. The van der Waals surface area contributed by atoms with Gasteiger partial charge >= 0.3 is 0 Å². The van der Waals surface area contributed by atoms with Crippen LogP contribution >= 0.6 is 15.9 Å². The number of rotatable bonds is 3. The Morgan fingerprint density at radius 2 is 1.83 bits per heavy atom. The third kappa shape index (κ3) is 3.56. The quantitative estimate of drug-likeness (QED) is 0.526. The number of hydrazine groups is 1. The van der Waals surface area contributed by atoms with Crippen molar-refractivity contribution in [3.63, 3.8) is 0 Å². The predicted molar refractivity (Wildman–Crippen MR) is 77.0 cm³/mol. The molecule has 0 spiro atoms. The Morgan fingerprint density at radius 3 is 2.44 bits per heavy atom. The fraction of sp³-hybridized carbons (Fsp3) is 0.500. The summed E-state index contributed by atoms with van der Waals surface area (Å²) in [5.41, 5.74) is 0.749. The van der Waals surface area contributed by atoms with Crippen molar-refractivity contribution in [3.05, 3.63) is 28.7 Å². The van der Waals surface area contributed by atoms with E-state index in [9.17, 15) is 4.79 Å². The normalized spacial score (nSPS) is 16.6. The smallest absolute Gasteiger partial charge is 0.241 e. The summed E-state index contributed by atoms with van der Waals surface area (Å²) in [6.45, 7) is 0. The van der Waals surface area contributed by atoms with Gasteiger partial charge in [0.15, 0.2) is 0 Å². The SMILES string of the molecule is NN(C(=O)CC1CCCCC1)c1ccc(Br)cc1. The van der Waals surface area contributed by atoms with Gasteiger partial charge < -0.3 is 0 Å². The molecule has 1 saturated carbocycles. The molecule has 0 saturated heterocycles. The second-order valence-electron chi connectivity index (χ2n) is 4.95. The fourth-order valence-electron chi connectivity index (χ4n) is 2.48. The van der Waals surface area contributed by atoms with Crippen molar-refractivity contribution in [3.8, 4) is 0 Å². The second-order valence-corrected chi connectivity index (χ2v) is 5.86. The van der Waals surface area contributed by atoms with Gasteiger partial charge in [-0.05, 0) is 43.0 Å². The minimum Gasteiger partial charge on any atom is -0.273 e. The second kappa shape index (κ2) is 6.34. The molecule has 2 N–H and O–H groups in total. The summed E-state index contributed by atoms with van der Waals surface area (Å²) in [6.07, 6.45) is 6.72. The van der Waals surface area contributed by atoms with Gasteiger partial charge in [-0.25, -0.2) is 10.9 Å². The van der Waals surface area contributed by atoms with Crippen molar-refractivity contribution in [1.82, 2.24) is 0 Å². The van der Waals surface area contributed by atoms with E-state index < -0.39 is 0 Å². The highest BCUT2D eigenvalue weighted by Crippen LogP contribution is 2.27. The zero-order valence-electron chi connectivity index (χ0n) is 10.4. The molecule has 0 aromatic heterocycles. The summed E-state index contributed by atoms with van der Waals surface area (Å²) in [5.74, 6) is 6.41. The van der Waals surface area contributed by atoms with Crippen LogP contribution < -0.4 is 10.9 Å². The zero-order valence-corrected chi connectivity index (χ0v) is 12.0. The van der Waals surface area contributed by atoms with Crippen LogP contribution in [-0.4, -0.2) is 5.91 Å². The number of nitrogens with two attached hydrogens (primary N) is 1. The lowest BCUT2D eigenvalue weighted by atomic mass is 9.87. The highest BCUT2D eigenvalue weighted by molar-refractivity contribution is 9.10. The number of nitrogens with zero attached hydrogens (tertiary/aromatic N) is 1. The van der Waals surface area contributed by atoms with E-state index in [2.05, 4.69) is 15.9 Å². The molecular weight excluding hydrogens is 292 g/mol. The Kier molecular flexibility index (Phi) is 4.78. The Morgan fingerprint density at radius 1 is 1.22 bits per heavy atom. The van der Waals surface area contributed by atoms with Crippen LogP contribution in [-0.2, 0) is 4.79 Å². The predicted octanol–water partition coefficient (Wildman–Crippen LogP) is 3.63. The van der Waals surface area contributed by atoms with Crippen molar-refractivity contribution in [1.29, 1.82) is 0 Å². The molecule has 18 heavy (non-hydrogen) atoms. The number of amides is 1. The molecule has 0 atom stereocenters. The summed E-state index contributed by atoms with van der Waals surface area (Å²) in [5, 5.41) is 1.28. The Balaban J connectivity index is 1.93. The molecule has 1 amide bonds. The van der Waals surface area contributed by atoms with Crippen LogP contribution in [0.3, 0.4) is 0 Å². The Labute approximate surface area is 116 Å². The topological polar surface area (TPSA) is 46.3 Å². The van der Waals surface area contributed by atoms with Crippen molar-refractivity contribution in [2.24, 2.45) is 11.8 Å². The van der Waals surface area contributed by atoms with Gasteiger partial charge in [0.1, 0.15) is 0 Å². The van der Waals surface area contributed by atoms with Gasteiger partial charge in [0.25, 0.3) is 0 Å². The van der Waals surface area contributed by atoms with Gasteiger partial charge in [-0.2, -0.15) is 0 Å². The van der Waals surface area contributed by atoms with Gasteiger partial charge in [0.05, 0.1) is 5.69 Å². The lowest BCUT2D eigenvalue weighted by Gasteiger charge is -2.24. The maximum atomic E-state index is 12.1. The lowest BCUT2D eigenvalue weighted by Crippen LogP contribution is -2.38. The Hall–Kier alpha value is -0.870. The van der Waals surface area contributed by atoms with E-state index in [-0.39, 0.29) is 5.91 Å². The average molecular weight is 311 g/mol. The molecule has 1 fully saturated rings. The Bertz CT molecular complexity index is 399. The van der Waals surface area contributed by atoms with Crippen LogP contribution in [0, 0.1) is 5.92 Å². The average Bonchev–Trinajstić information content (AvgIpc) is 2.40. The summed E-state index contributed by atoms with van der Waals surface area (Å²) >= 11 is 3.37. The number of carbonyl (C=O) groups is 1. The molecular formula is C14H19BrN2O. The zero-order chi connectivity index (χ0) is 13.0. The van der Waals surface area contributed by atoms with E-state index in [1.807, 2.05) is 24.3 Å². The summed E-state index contributed by atoms with van der Waals surface area (Å²) < 4.78 is 0.986. The molecule has 3 nitrogen and oxygen atoms in total. The molecule has 0 unspecified atom stereocenters. The van der Waals surface area contributed by atoms with Crippen LogP contribution in [0.4, 0.5) is 5.69 Å². The van der Waals surface area contributed by atoms with E-state index in [4.69, 9.17) is 5.84 Å². The van der Waals surface area contributed by atoms with Gasteiger partial charge in [0, 0.05) is 10.9 Å². The first-order chi connectivity index (χ1) is 8.66. The third-order valence-corrected chi connectivity index (χ3v) is 4.09. The first kappa shape index (κ1) is 13.6. The summed E-state index contributed by atoms with van der Waals surface area (Å²) in [7, 11) is 0. The van der Waals surface area contributed by atoms with E-state index in [1.165, 1.54) is 37.1 Å². The van der Waals surface area contributed by atoms with Crippen molar-refractivity contribution in [2.75, 3.05) is 5.01 Å². The fourth-order valence-corrected chi connectivity index (χ4v) is 2.75. The van der Waals surface area contributed by atoms with Crippen molar-refractivity contribution < 1.29 is 4.79 Å². The first-order valence-corrected chi connectivity index (χ1v) is 7.29. The molecule has 0 heterocycles. The van der Waals surface area contributed by atoms with Crippen LogP contribution in [0.1, 0.15) is 38.5 Å². The van der Waals surface area contributed by atoms with E-state index in [0.29, 0.717) is 12.3 Å². The molecule has 1 aromatic rings. The molecule has 1 aliphatic rings. The molecule has 0 bridgehead atoms. The van der Waals surface area contributed by atoms with Gasteiger partial charge in [0.2, 0.25) is 5.91 Å². The largest absolute Gasteiger partial charge is 0.273 e. The van der Waals surface area contributed by atoms with Crippen molar-refractivity contribution in [2.45, 2.75) is 38.5 Å². The molecule has 2 rings (SSSR count). The number of halogens is 1. The van der Waals surface area contributed by atoms with Gasteiger partial charge in [-0.3, -0.25) is 4.79 Å². The number of anilines is 1. The highest BCUT2D eigenvalue weighted by atomic mass is 79.9. The van der Waals surface area contributed by atoms with Crippen LogP contribution in [0.2, 0.25) is 0 Å². The van der Waals surface area contributed by atoms with E-state index >= 15 is 0 Å². The monoisotopic (exact) mass is 310 g/mol. The van der Waals surface area contributed by atoms with Crippen LogP contribution in [0.15, 0.2) is 28.7 Å².